The van der Waals surface area contributed by atoms with Gasteiger partial charge in [0.1, 0.15) is 0 Å². The average molecular weight is 226 g/mol. The van der Waals surface area contributed by atoms with Crippen molar-refractivity contribution >= 4 is 5.97 Å². The van der Waals surface area contributed by atoms with Crippen LogP contribution in [0.25, 0.3) is 0 Å². The van der Waals surface area contributed by atoms with E-state index in [2.05, 4.69) is 24.1 Å². The van der Waals surface area contributed by atoms with Crippen LogP contribution in [0.5, 0.6) is 0 Å². The number of hydrogen-bond acceptors (Lipinski definition) is 4. The highest BCUT2D eigenvalue weighted by atomic mass is 16.5. The summed E-state index contributed by atoms with van der Waals surface area (Å²) in [4.78, 5) is 13.8. The van der Waals surface area contributed by atoms with Crippen LogP contribution in [0.3, 0.4) is 0 Å². The van der Waals surface area contributed by atoms with Gasteiger partial charge in [0.15, 0.2) is 0 Å². The summed E-state index contributed by atoms with van der Waals surface area (Å²) in [7, 11) is 1.46. The average Bonchev–Trinajstić information content (AvgIpc) is 3.03. The number of ether oxygens (including phenoxy) is 1. The molecule has 0 aromatic carbocycles. The molecule has 1 atom stereocenters. The predicted molar refractivity (Wildman–Crippen MR) is 62.2 cm³/mol. The molecule has 0 spiro atoms. The highest BCUT2D eigenvalue weighted by Gasteiger charge is 2.41. The van der Waals surface area contributed by atoms with Gasteiger partial charge < -0.3 is 10.1 Å². The molecular formula is C12H22N2O2. The van der Waals surface area contributed by atoms with E-state index in [0.29, 0.717) is 18.5 Å². The van der Waals surface area contributed by atoms with Crippen LogP contribution in [0.4, 0.5) is 0 Å². The van der Waals surface area contributed by atoms with Crippen molar-refractivity contribution in [2.45, 2.75) is 50.7 Å². The Bertz CT molecular complexity index is 274. The summed E-state index contributed by atoms with van der Waals surface area (Å²) in [6.07, 6.45) is 3.08. The van der Waals surface area contributed by atoms with Crippen molar-refractivity contribution in [3.63, 3.8) is 0 Å². The summed E-state index contributed by atoms with van der Waals surface area (Å²) < 4.78 is 4.76. The van der Waals surface area contributed by atoms with Gasteiger partial charge >= 0.3 is 5.97 Å². The minimum atomic E-state index is -0.0999. The number of carbonyl (C=O) groups excluding carboxylic acids is 1. The lowest BCUT2D eigenvalue weighted by Crippen LogP contribution is -2.62. The van der Waals surface area contributed by atoms with E-state index < -0.39 is 0 Å². The summed E-state index contributed by atoms with van der Waals surface area (Å²) in [6.45, 7) is 6.35. The molecule has 4 heteroatoms. The molecule has 16 heavy (non-hydrogen) atoms. The summed E-state index contributed by atoms with van der Waals surface area (Å²) in [5.74, 6) is -0.0999. The van der Waals surface area contributed by atoms with Gasteiger partial charge in [-0.2, -0.15) is 0 Å². The number of hydrogen-bond donors (Lipinski definition) is 1. The Morgan fingerprint density at radius 3 is 2.75 bits per heavy atom. The molecule has 0 amide bonds. The Balaban J connectivity index is 1.98. The molecule has 1 heterocycles. The monoisotopic (exact) mass is 226 g/mol. The molecule has 2 aliphatic rings. The van der Waals surface area contributed by atoms with Gasteiger partial charge in [-0.15, -0.1) is 0 Å². The van der Waals surface area contributed by atoms with Crippen LogP contribution in [0, 0.1) is 0 Å². The minimum absolute atomic E-state index is 0.0999. The van der Waals surface area contributed by atoms with Crippen LogP contribution >= 0.6 is 0 Å². The van der Waals surface area contributed by atoms with Gasteiger partial charge in [0.2, 0.25) is 0 Å². The zero-order valence-corrected chi connectivity index (χ0v) is 10.5. The van der Waals surface area contributed by atoms with Crippen molar-refractivity contribution in [2.24, 2.45) is 0 Å². The SMILES string of the molecule is COC(=O)CC1CNC(C)(C)CN1C1CC1. The van der Waals surface area contributed by atoms with Crippen LogP contribution in [0.2, 0.25) is 0 Å². The van der Waals surface area contributed by atoms with E-state index in [1.54, 1.807) is 0 Å². The van der Waals surface area contributed by atoms with Crippen LogP contribution in [-0.4, -0.2) is 48.7 Å². The molecule has 1 saturated carbocycles. The molecule has 4 nitrogen and oxygen atoms in total. The lowest BCUT2D eigenvalue weighted by Gasteiger charge is -2.44. The van der Waals surface area contributed by atoms with E-state index in [-0.39, 0.29) is 11.5 Å². The van der Waals surface area contributed by atoms with Crippen LogP contribution < -0.4 is 5.32 Å². The zero-order valence-electron chi connectivity index (χ0n) is 10.5. The van der Waals surface area contributed by atoms with Crippen molar-refractivity contribution in [1.82, 2.24) is 10.2 Å². The molecule has 92 valence electrons. The molecule has 1 unspecified atom stereocenters. The predicted octanol–water partition coefficient (Wildman–Crippen LogP) is 0.764. The first-order valence-electron chi connectivity index (χ1n) is 6.09. The molecule has 0 radical (unpaired) electrons. The summed E-state index contributed by atoms with van der Waals surface area (Å²) >= 11 is 0. The summed E-state index contributed by atoms with van der Waals surface area (Å²) in [5.41, 5.74) is 0.162. The topological polar surface area (TPSA) is 41.6 Å². The van der Waals surface area contributed by atoms with Crippen LogP contribution in [0.15, 0.2) is 0 Å². The number of methoxy groups -OCH3 is 1. The number of nitrogens with one attached hydrogen (secondary N) is 1. The fraction of sp³-hybridized carbons (Fsp3) is 0.917. The van der Waals surface area contributed by atoms with Gasteiger partial charge in [-0.3, -0.25) is 9.69 Å². The van der Waals surface area contributed by atoms with E-state index in [1.165, 1.54) is 20.0 Å². The summed E-state index contributed by atoms with van der Waals surface area (Å²) in [5, 5.41) is 3.50. The Kier molecular flexibility index (Phi) is 3.22. The molecule has 1 aliphatic carbocycles. The van der Waals surface area contributed by atoms with Gasteiger partial charge in [-0.05, 0) is 26.7 Å². The second kappa shape index (κ2) is 4.34. The van der Waals surface area contributed by atoms with E-state index in [9.17, 15) is 4.79 Å². The Hall–Kier alpha value is -0.610. The Morgan fingerprint density at radius 2 is 2.19 bits per heavy atom. The van der Waals surface area contributed by atoms with Crippen molar-refractivity contribution in [1.29, 1.82) is 0 Å². The van der Waals surface area contributed by atoms with Gasteiger partial charge in [-0.25, -0.2) is 0 Å². The molecule has 1 aliphatic heterocycles. The normalized spacial score (nSPS) is 30.1. The van der Waals surface area contributed by atoms with Crippen molar-refractivity contribution in [3.05, 3.63) is 0 Å². The highest BCUT2D eigenvalue weighted by Crippen LogP contribution is 2.32. The number of esters is 1. The maximum Gasteiger partial charge on any atom is 0.307 e. The van der Waals surface area contributed by atoms with E-state index >= 15 is 0 Å². The van der Waals surface area contributed by atoms with Crippen LogP contribution in [0.1, 0.15) is 33.1 Å². The maximum atomic E-state index is 11.4. The molecule has 1 saturated heterocycles. The quantitative estimate of drug-likeness (QED) is 0.722. The second-order valence-corrected chi connectivity index (χ2v) is 5.60. The molecule has 2 fully saturated rings. The van der Waals surface area contributed by atoms with Gasteiger partial charge in [0, 0.05) is 30.7 Å². The molecule has 0 aromatic rings. The number of piperazine rings is 1. The van der Waals surface area contributed by atoms with Crippen LogP contribution in [-0.2, 0) is 9.53 Å². The van der Waals surface area contributed by atoms with E-state index in [4.69, 9.17) is 4.74 Å². The van der Waals surface area contributed by atoms with E-state index in [0.717, 1.165) is 13.1 Å². The van der Waals surface area contributed by atoms with E-state index in [1.807, 2.05) is 0 Å². The molecule has 2 rings (SSSR count). The number of rotatable bonds is 3. The standard InChI is InChI=1S/C12H22N2O2/c1-12(2)8-14(9-4-5-9)10(7-13-12)6-11(15)16-3/h9-10,13H,4-8H2,1-3H3. The molecule has 0 bridgehead atoms. The lowest BCUT2D eigenvalue weighted by molar-refractivity contribution is -0.142. The first-order valence-corrected chi connectivity index (χ1v) is 6.09. The van der Waals surface area contributed by atoms with Crippen molar-refractivity contribution in [3.8, 4) is 0 Å². The Labute approximate surface area is 97.3 Å². The largest absolute Gasteiger partial charge is 0.469 e. The fourth-order valence-corrected chi connectivity index (χ4v) is 2.45. The maximum absolute atomic E-state index is 11.4. The third-order valence-corrected chi connectivity index (χ3v) is 3.51. The zero-order chi connectivity index (χ0) is 11.8. The third-order valence-electron chi connectivity index (χ3n) is 3.51. The van der Waals surface area contributed by atoms with Gasteiger partial charge in [-0.1, -0.05) is 0 Å². The molecule has 0 aromatic heterocycles. The minimum Gasteiger partial charge on any atom is -0.469 e. The molecule has 1 N–H and O–H groups in total. The highest BCUT2D eigenvalue weighted by molar-refractivity contribution is 5.70. The third kappa shape index (κ3) is 2.74. The first-order chi connectivity index (χ1) is 7.52. The molecular weight excluding hydrogens is 204 g/mol. The van der Waals surface area contributed by atoms with Crippen molar-refractivity contribution in [2.75, 3.05) is 20.2 Å². The smallest absolute Gasteiger partial charge is 0.307 e. The first kappa shape index (κ1) is 11.9. The Morgan fingerprint density at radius 1 is 1.50 bits per heavy atom. The van der Waals surface area contributed by atoms with Crippen molar-refractivity contribution < 1.29 is 9.53 Å². The number of nitrogens with zero attached hydrogens (tertiary/aromatic N) is 1. The van der Waals surface area contributed by atoms with Gasteiger partial charge in [0.25, 0.3) is 0 Å². The second-order valence-electron chi connectivity index (χ2n) is 5.60. The van der Waals surface area contributed by atoms with Gasteiger partial charge in [0.05, 0.1) is 13.5 Å². The summed E-state index contributed by atoms with van der Waals surface area (Å²) in [6, 6.07) is 1.02. The fourth-order valence-electron chi connectivity index (χ4n) is 2.45. The lowest BCUT2D eigenvalue weighted by atomic mass is 9.97. The number of carbonyl (C=O) groups is 1.